The maximum atomic E-state index is 12.8. The van der Waals surface area contributed by atoms with E-state index in [9.17, 15) is 14.7 Å². The quantitative estimate of drug-likeness (QED) is 0.374. The number of thioether (sulfide) groups is 1. The lowest BCUT2D eigenvalue weighted by atomic mass is 10.2. The Balaban J connectivity index is 2.29. The molecule has 25 heavy (non-hydrogen) atoms. The van der Waals surface area contributed by atoms with Crippen LogP contribution in [0.2, 0.25) is 0 Å². The van der Waals surface area contributed by atoms with Crippen molar-refractivity contribution in [1.82, 2.24) is 14.9 Å². The number of nitrogens with one attached hydrogen (secondary N) is 1. The highest BCUT2D eigenvalue weighted by Crippen LogP contribution is 2.20. The van der Waals surface area contributed by atoms with Gasteiger partial charge in [0.1, 0.15) is 0 Å². The summed E-state index contributed by atoms with van der Waals surface area (Å²) in [5.74, 6) is -0.0475. The normalized spacial score (nSPS) is 12.3. The van der Waals surface area contributed by atoms with Gasteiger partial charge in [-0.15, -0.1) is 0 Å². The first-order chi connectivity index (χ1) is 11.9. The molecule has 0 saturated heterocycles. The molecule has 0 radical (unpaired) electrons. The maximum Gasteiger partial charge on any atom is 0.262 e. The van der Waals surface area contributed by atoms with E-state index >= 15 is 0 Å². The summed E-state index contributed by atoms with van der Waals surface area (Å²) in [4.78, 5) is 29.1. The highest BCUT2D eigenvalue weighted by Gasteiger charge is 2.15. The van der Waals surface area contributed by atoms with Crippen LogP contribution in [0.15, 0.2) is 32.6 Å². The van der Waals surface area contributed by atoms with Gasteiger partial charge < -0.3 is 15.2 Å². The average Bonchev–Trinajstić information content (AvgIpc) is 2.56. The van der Waals surface area contributed by atoms with Gasteiger partial charge in [-0.2, -0.15) is 0 Å². The number of benzene rings is 1. The van der Waals surface area contributed by atoms with Crippen LogP contribution in [0, 0.1) is 0 Å². The zero-order valence-electron chi connectivity index (χ0n) is 14.0. The first-order valence-electron chi connectivity index (χ1n) is 7.69. The molecule has 0 saturated carbocycles. The summed E-state index contributed by atoms with van der Waals surface area (Å²) >= 11 is 4.51. The number of carbonyl (C=O) groups is 1. The van der Waals surface area contributed by atoms with Crippen LogP contribution in [-0.2, 0) is 16.1 Å². The lowest BCUT2D eigenvalue weighted by Gasteiger charge is -2.14. The summed E-state index contributed by atoms with van der Waals surface area (Å²) in [6.45, 7) is 2.58. The molecule has 7 nitrogen and oxygen atoms in total. The molecule has 1 heterocycles. The number of fused-ring (bicyclic) bond motifs is 1. The number of halogens is 1. The number of amides is 1. The molecule has 0 aliphatic carbocycles. The maximum absolute atomic E-state index is 12.8. The zero-order valence-corrected chi connectivity index (χ0v) is 16.4. The predicted octanol–water partition coefficient (Wildman–Crippen LogP) is 1.39. The lowest BCUT2D eigenvalue weighted by molar-refractivity contribution is -0.118. The largest absolute Gasteiger partial charge is 0.392 e. The van der Waals surface area contributed by atoms with Gasteiger partial charge in [0.25, 0.3) is 5.56 Å². The van der Waals surface area contributed by atoms with Crippen molar-refractivity contribution in [2.75, 3.05) is 26.0 Å². The molecule has 0 aliphatic rings. The van der Waals surface area contributed by atoms with Crippen LogP contribution in [0.3, 0.4) is 0 Å². The van der Waals surface area contributed by atoms with Crippen LogP contribution >= 0.6 is 27.7 Å². The molecule has 0 aliphatic heterocycles. The summed E-state index contributed by atoms with van der Waals surface area (Å²) in [5.41, 5.74) is 0.312. The fourth-order valence-electron chi connectivity index (χ4n) is 2.18. The molecular formula is C16H20BrN3O4S. The van der Waals surface area contributed by atoms with E-state index in [-0.39, 0.29) is 23.8 Å². The van der Waals surface area contributed by atoms with Gasteiger partial charge in [0.15, 0.2) is 5.16 Å². The number of hydrogen-bond acceptors (Lipinski definition) is 6. The van der Waals surface area contributed by atoms with E-state index in [0.717, 1.165) is 16.2 Å². The summed E-state index contributed by atoms with van der Waals surface area (Å²) in [6.07, 6.45) is -0.709. The Kier molecular flexibility index (Phi) is 7.42. The number of ether oxygens (including phenoxy) is 1. The molecule has 2 rings (SSSR count). The third kappa shape index (κ3) is 5.53. The van der Waals surface area contributed by atoms with E-state index in [0.29, 0.717) is 29.2 Å². The zero-order chi connectivity index (χ0) is 18.4. The van der Waals surface area contributed by atoms with Crippen molar-refractivity contribution < 1.29 is 14.6 Å². The minimum Gasteiger partial charge on any atom is -0.392 e. The second-order valence-electron chi connectivity index (χ2n) is 5.45. The van der Waals surface area contributed by atoms with E-state index in [1.54, 1.807) is 32.2 Å². The molecular weight excluding hydrogens is 410 g/mol. The SMILES string of the molecule is COCCNC(=O)CSc1nc2ccc(Br)cc2c(=O)n1CC(C)O. The van der Waals surface area contributed by atoms with Crippen molar-refractivity contribution in [3.63, 3.8) is 0 Å². The number of hydrogen-bond donors (Lipinski definition) is 2. The van der Waals surface area contributed by atoms with Gasteiger partial charge in [-0.25, -0.2) is 4.98 Å². The summed E-state index contributed by atoms with van der Waals surface area (Å²) in [6, 6.07) is 5.26. The van der Waals surface area contributed by atoms with Crippen LogP contribution in [0.1, 0.15) is 6.92 Å². The van der Waals surface area contributed by atoms with Crippen LogP contribution in [0.25, 0.3) is 10.9 Å². The monoisotopic (exact) mass is 429 g/mol. The Morgan fingerprint density at radius 3 is 2.96 bits per heavy atom. The first kappa shape index (κ1) is 19.9. The summed E-state index contributed by atoms with van der Waals surface area (Å²) < 4.78 is 7.07. The molecule has 0 bridgehead atoms. The summed E-state index contributed by atoms with van der Waals surface area (Å²) in [7, 11) is 1.56. The van der Waals surface area contributed by atoms with Gasteiger partial charge in [-0.3, -0.25) is 14.2 Å². The number of aromatic nitrogens is 2. The number of carbonyl (C=O) groups excluding carboxylic acids is 1. The van der Waals surface area contributed by atoms with Gasteiger partial charge in [-0.05, 0) is 25.1 Å². The minimum absolute atomic E-state index is 0.113. The molecule has 1 aromatic heterocycles. The average molecular weight is 430 g/mol. The van der Waals surface area contributed by atoms with Gasteiger partial charge in [0.05, 0.1) is 35.9 Å². The van der Waals surface area contributed by atoms with Gasteiger partial charge in [0.2, 0.25) is 5.91 Å². The third-order valence-electron chi connectivity index (χ3n) is 3.29. The highest BCUT2D eigenvalue weighted by atomic mass is 79.9. The molecule has 2 aromatic rings. The fourth-order valence-corrected chi connectivity index (χ4v) is 3.38. The van der Waals surface area contributed by atoms with E-state index in [1.807, 2.05) is 0 Å². The molecule has 0 fully saturated rings. The predicted molar refractivity (Wildman–Crippen MR) is 101 cm³/mol. The van der Waals surface area contributed by atoms with E-state index in [1.165, 1.54) is 4.57 Å². The topological polar surface area (TPSA) is 93.5 Å². The molecule has 1 atom stereocenters. The second-order valence-corrected chi connectivity index (χ2v) is 7.31. The van der Waals surface area contributed by atoms with Gasteiger partial charge >= 0.3 is 0 Å². The third-order valence-corrected chi connectivity index (χ3v) is 4.76. The van der Waals surface area contributed by atoms with Gasteiger partial charge in [0, 0.05) is 18.1 Å². The van der Waals surface area contributed by atoms with Crippen molar-refractivity contribution >= 4 is 44.5 Å². The standard InChI is InChI=1S/C16H20BrN3O4S/c1-10(21)8-20-15(23)12-7-11(17)3-4-13(12)19-16(20)25-9-14(22)18-5-6-24-2/h3-4,7,10,21H,5-6,8-9H2,1-2H3,(H,18,22). The lowest BCUT2D eigenvalue weighted by Crippen LogP contribution is -2.30. The van der Waals surface area contributed by atoms with Crippen molar-refractivity contribution in [1.29, 1.82) is 0 Å². The molecule has 1 amide bonds. The summed E-state index contributed by atoms with van der Waals surface area (Å²) in [5, 5.41) is 13.3. The Morgan fingerprint density at radius 2 is 2.28 bits per heavy atom. The number of rotatable bonds is 8. The number of aliphatic hydroxyl groups excluding tert-OH is 1. The van der Waals surface area contributed by atoms with Crippen LogP contribution in [0.4, 0.5) is 0 Å². The number of aliphatic hydroxyl groups is 1. The van der Waals surface area contributed by atoms with E-state index < -0.39 is 6.10 Å². The van der Waals surface area contributed by atoms with Crippen LogP contribution < -0.4 is 10.9 Å². The molecule has 1 unspecified atom stereocenters. The number of methoxy groups -OCH3 is 1. The van der Waals surface area contributed by atoms with E-state index in [4.69, 9.17) is 4.74 Å². The molecule has 1 aromatic carbocycles. The van der Waals surface area contributed by atoms with Crippen LogP contribution in [0.5, 0.6) is 0 Å². The van der Waals surface area contributed by atoms with E-state index in [2.05, 4.69) is 26.2 Å². The molecule has 0 spiro atoms. The first-order valence-corrected chi connectivity index (χ1v) is 9.47. The van der Waals surface area contributed by atoms with Crippen molar-refractivity contribution in [3.8, 4) is 0 Å². The Bertz CT molecular complexity index is 810. The van der Waals surface area contributed by atoms with Crippen LogP contribution in [-0.4, -0.2) is 52.7 Å². The van der Waals surface area contributed by atoms with Crippen molar-refractivity contribution in [2.24, 2.45) is 0 Å². The van der Waals surface area contributed by atoms with Gasteiger partial charge in [-0.1, -0.05) is 27.7 Å². The van der Waals surface area contributed by atoms with Crippen molar-refractivity contribution in [3.05, 3.63) is 33.0 Å². The smallest absolute Gasteiger partial charge is 0.262 e. The molecule has 2 N–H and O–H groups in total. The number of nitrogens with zero attached hydrogens (tertiary/aromatic N) is 2. The highest BCUT2D eigenvalue weighted by molar-refractivity contribution is 9.10. The Morgan fingerprint density at radius 1 is 1.52 bits per heavy atom. The minimum atomic E-state index is -0.709. The van der Waals surface area contributed by atoms with Crippen molar-refractivity contribution in [2.45, 2.75) is 24.7 Å². The Hall–Kier alpha value is -1.42. The fraction of sp³-hybridized carbons (Fsp3) is 0.438. The molecule has 9 heteroatoms. The second kappa shape index (κ2) is 9.33. The Labute approximate surface area is 157 Å². The molecule has 136 valence electrons.